The van der Waals surface area contributed by atoms with E-state index in [-0.39, 0.29) is 0 Å². The van der Waals surface area contributed by atoms with E-state index < -0.39 is 0 Å². The van der Waals surface area contributed by atoms with Crippen LogP contribution < -0.4 is 0 Å². The molecule has 1 atom stereocenters. The summed E-state index contributed by atoms with van der Waals surface area (Å²) < 4.78 is 0. The molecule has 0 N–H and O–H groups in total. The number of piperidine rings is 1. The highest BCUT2D eigenvalue weighted by atomic mass is 15.2. The summed E-state index contributed by atoms with van der Waals surface area (Å²) in [5, 5.41) is 0. The summed E-state index contributed by atoms with van der Waals surface area (Å²) in [6.45, 7) is 6.98. The summed E-state index contributed by atoms with van der Waals surface area (Å²) in [6, 6.07) is 9.51. The molecule has 0 amide bonds. The lowest BCUT2D eigenvalue weighted by molar-refractivity contribution is 0.152. The molecule has 1 aromatic carbocycles. The molecule has 2 rings (SSSR count). The third kappa shape index (κ3) is 2.60. The van der Waals surface area contributed by atoms with Gasteiger partial charge in [-0.25, -0.2) is 0 Å². The van der Waals surface area contributed by atoms with Crippen LogP contribution in [0.1, 0.15) is 37.3 Å². The molecule has 0 aliphatic carbocycles. The first-order valence-corrected chi connectivity index (χ1v) is 6.06. The summed E-state index contributed by atoms with van der Waals surface area (Å²) in [4.78, 5) is 2.62. The van der Waals surface area contributed by atoms with Gasteiger partial charge in [-0.15, -0.1) is 0 Å². The molecule has 1 heteroatoms. The molecule has 0 radical (unpaired) electrons. The van der Waals surface area contributed by atoms with Crippen molar-refractivity contribution >= 4 is 0 Å². The van der Waals surface area contributed by atoms with Crippen LogP contribution in [0.5, 0.6) is 0 Å². The van der Waals surface area contributed by atoms with Gasteiger partial charge in [-0.05, 0) is 44.4 Å². The fourth-order valence-corrected chi connectivity index (χ4v) is 2.40. The Morgan fingerprint density at radius 2 is 2.07 bits per heavy atom. The van der Waals surface area contributed by atoms with Crippen molar-refractivity contribution in [3.63, 3.8) is 0 Å². The Hall–Kier alpha value is -0.820. The molecule has 0 spiro atoms. The van der Waals surface area contributed by atoms with E-state index in [4.69, 9.17) is 0 Å². The number of likely N-dealkylation sites (tertiary alicyclic amines) is 1. The highest BCUT2D eigenvalue weighted by Gasteiger charge is 2.18. The van der Waals surface area contributed by atoms with E-state index >= 15 is 0 Å². The van der Waals surface area contributed by atoms with E-state index in [0.29, 0.717) is 0 Å². The van der Waals surface area contributed by atoms with Crippen molar-refractivity contribution in [3.05, 3.63) is 35.4 Å². The van der Waals surface area contributed by atoms with Gasteiger partial charge in [0, 0.05) is 12.6 Å². The average Bonchev–Trinajstić information content (AvgIpc) is 2.24. The van der Waals surface area contributed by atoms with E-state index in [1.807, 2.05) is 0 Å². The minimum absolute atomic E-state index is 0.762. The highest BCUT2D eigenvalue weighted by molar-refractivity contribution is 5.25. The first kappa shape index (κ1) is 10.7. The van der Waals surface area contributed by atoms with Gasteiger partial charge in [0.05, 0.1) is 0 Å². The molecule has 0 saturated carbocycles. The molecule has 1 heterocycles. The molecule has 0 aromatic heterocycles. The first-order valence-electron chi connectivity index (χ1n) is 6.06. The van der Waals surface area contributed by atoms with Crippen LogP contribution in [0.15, 0.2) is 24.3 Å². The standard InChI is InChI=1S/C14H21N/c1-12-7-3-4-9-14(12)11-15-10-6-5-8-13(15)2/h3-4,7,9,13H,5-6,8,10-11H2,1-2H3. The fraction of sp³-hybridized carbons (Fsp3) is 0.571. The Kier molecular flexibility index (Phi) is 3.42. The molecular weight excluding hydrogens is 182 g/mol. The lowest BCUT2D eigenvalue weighted by Gasteiger charge is -2.33. The van der Waals surface area contributed by atoms with Crippen molar-refractivity contribution < 1.29 is 0 Å². The molecule has 15 heavy (non-hydrogen) atoms. The van der Waals surface area contributed by atoms with Crippen molar-refractivity contribution in [3.8, 4) is 0 Å². The van der Waals surface area contributed by atoms with Crippen molar-refractivity contribution in [2.45, 2.75) is 45.7 Å². The predicted octanol–water partition coefficient (Wildman–Crippen LogP) is 3.37. The number of benzene rings is 1. The number of rotatable bonds is 2. The second-order valence-corrected chi connectivity index (χ2v) is 4.74. The quantitative estimate of drug-likeness (QED) is 0.712. The van der Waals surface area contributed by atoms with E-state index in [1.165, 1.54) is 36.9 Å². The van der Waals surface area contributed by atoms with E-state index in [9.17, 15) is 0 Å². The maximum atomic E-state index is 2.62. The molecule has 1 fully saturated rings. The van der Waals surface area contributed by atoms with Crippen LogP contribution in [0.4, 0.5) is 0 Å². The average molecular weight is 203 g/mol. The molecule has 1 saturated heterocycles. The molecule has 0 bridgehead atoms. The summed E-state index contributed by atoms with van der Waals surface area (Å²) in [5.74, 6) is 0. The van der Waals surface area contributed by atoms with Gasteiger partial charge in [-0.3, -0.25) is 4.90 Å². The summed E-state index contributed by atoms with van der Waals surface area (Å²) in [5.41, 5.74) is 2.92. The molecule has 1 aliphatic heterocycles. The van der Waals surface area contributed by atoms with Gasteiger partial charge in [-0.1, -0.05) is 30.7 Å². The van der Waals surface area contributed by atoms with Gasteiger partial charge in [0.1, 0.15) is 0 Å². The minimum atomic E-state index is 0.762. The Morgan fingerprint density at radius 3 is 2.80 bits per heavy atom. The van der Waals surface area contributed by atoms with Crippen LogP contribution in [-0.4, -0.2) is 17.5 Å². The SMILES string of the molecule is Cc1ccccc1CN1CCCCC1C. The van der Waals surface area contributed by atoms with Crippen molar-refractivity contribution in [2.24, 2.45) is 0 Å². The summed E-state index contributed by atoms with van der Waals surface area (Å²) in [6.07, 6.45) is 4.15. The molecule has 1 aromatic rings. The van der Waals surface area contributed by atoms with Gasteiger partial charge in [0.15, 0.2) is 0 Å². The number of aryl methyl sites for hydroxylation is 1. The third-order valence-electron chi connectivity index (χ3n) is 3.58. The van der Waals surface area contributed by atoms with Crippen LogP contribution in [0.25, 0.3) is 0 Å². The predicted molar refractivity (Wildman–Crippen MR) is 64.9 cm³/mol. The van der Waals surface area contributed by atoms with Crippen LogP contribution in [0.2, 0.25) is 0 Å². The fourth-order valence-electron chi connectivity index (χ4n) is 2.40. The maximum Gasteiger partial charge on any atom is 0.0239 e. The van der Waals surface area contributed by atoms with Gasteiger partial charge in [0.25, 0.3) is 0 Å². The number of nitrogens with zero attached hydrogens (tertiary/aromatic N) is 1. The summed E-state index contributed by atoms with van der Waals surface area (Å²) >= 11 is 0. The van der Waals surface area contributed by atoms with E-state index in [1.54, 1.807) is 0 Å². The molecule has 1 nitrogen and oxygen atoms in total. The number of hydrogen-bond donors (Lipinski definition) is 0. The van der Waals surface area contributed by atoms with Gasteiger partial charge in [-0.2, -0.15) is 0 Å². The van der Waals surface area contributed by atoms with E-state index in [2.05, 4.69) is 43.0 Å². The first-order chi connectivity index (χ1) is 7.27. The van der Waals surface area contributed by atoms with E-state index in [0.717, 1.165) is 12.6 Å². The van der Waals surface area contributed by atoms with Crippen molar-refractivity contribution in [2.75, 3.05) is 6.54 Å². The summed E-state index contributed by atoms with van der Waals surface area (Å²) in [7, 11) is 0. The molecule has 1 aliphatic rings. The minimum Gasteiger partial charge on any atom is -0.296 e. The third-order valence-corrected chi connectivity index (χ3v) is 3.58. The van der Waals surface area contributed by atoms with Gasteiger partial charge < -0.3 is 0 Å². The van der Waals surface area contributed by atoms with Gasteiger partial charge in [0.2, 0.25) is 0 Å². The van der Waals surface area contributed by atoms with Crippen LogP contribution in [-0.2, 0) is 6.54 Å². The monoisotopic (exact) mass is 203 g/mol. The van der Waals surface area contributed by atoms with Crippen molar-refractivity contribution in [1.29, 1.82) is 0 Å². The lowest BCUT2D eigenvalue weighted by atomic mass is 10.0. The van der Waals surface area contributed by atoms with Crippen molar-refractivity contribution in [1.82, 2.24) is 4.90 Å². The molecular formula is C14H21N. The lowest BCUT2D eigenvalue weighted by Crippen LogP contribution is -2.36. The molecule has 82 valence electrons. The van der Waals surface area contributed by atoms with Crippen LogP contribution >= 0.6 is 0 Å². The largest absolute Gasteiger partial charge is 0.296 e. The van der Waals surface area contributed by atoms with Crippen LogP contribution in [0.3, 0.4) is 0 Å². The topological polar surface area (TPSA) is 3.24 Å². The van der Waals surface area contributed by atoms with Crippen LogP contribution in [0, 0.1) is 6.92 Å². The zero-order valence-corrected chi connectivity index (χ0v) is 9.87. The Labute approximate surface area is 93.1 Å². The molecule has 1 unspecified atom stereocenters. The number of hydrogen-bond acceptors (Lipinski definition) is 1. The normalized spacial score (nSPS) is 22.9. The Bertz CT molecular complexity index is 319. The van der Waals surface area contributed by atoms with Gasteiger partial charge >= 0.3 is 0 Å². The second-order valence-electron chi connectivity index (χ2n) is 4.74. The zero-order chi connectivity index (χ0) is 10.7. The Balaban J connectivity index is 2.04. The highest BCUT2D eigenvalue weighted by Crippen LogP contribution is 2.20. The smallest absolute Gasteiger partial charge is 0.0239 e. The second kappa shape index (κ2) is 4.80. The zero-order valence-electron chi connectivity index (χ0n) is 9.87. The maximum absolute atomic E-state index is 2.62. The Morgan fingerprint density at radius 1 is 1.27 bits per heavy atom.